The standard InChI is InChI=1S/C17H23NO2/c1-3-5-11-19-13-17-15(12-18-10-4-2)14-8-6-7-9-16(14)20-17/h3,5-9,18H,4,10-13H2,1-2H3. The average Bonchev–Trinajstić information content (AvgIpc) is 2.82. The molecule has 1 aromatic carbocycles. The molecular formula is C17H23NO2. The number of furan rings is 1. The first-order valence-corrected chi connectivity index (χ1v) is 7.25. The van der Waals surface area contributed by atoms with Crippen LogP contribution >= 0.6 is 0 Å². The number of nitrogens with one attached hydrogen (secondary N) is 1. The van der Waals surface area contributed by atoms with Crippen molar-refractivity contribution in [2.45, 2.75) is 33.4 Å². The summed E-state index contributed by atoms with van der Waals surface area (Å²) >= 11 is 0. The molecule has 0 saturated heterocycles. The number of hydrogen-bond acceptors (Lipinski definition) is 3. The Morgan fingerprint density at radius 2 is 2.15 bits per heavy atom. The molecule has 0 amide bonds. The number of allylic oxidation sites excluding steroid dienone is 1. The summed E-state index contributed by atoms with van der Waals surface area (Å²) in [5, 5.41) is 4.62. The van der Waals surface area contributed by atoms with Crippen molar-refractivity contribution < 1.29 is 9.15 Å². The molecule has 0 fully saturated rings. The number of ether oxygens (including phenoxy) is 1. The summed E-state index contributed by atoms with van der Waals surface area (Å²) in [7, 11) is 0. The molecule has 20 heavy (non-hydrogen) atoms. The zero-order valence-electron chi connectivity index (χ0n) is 12.3. The van der Waals surface area contributed by atoms with Gasteiger partial charge in [-0.1, -0.05) is 37.3 Å². The second-order valence-corrected chi connectivity index (χ2v) is 4.76. The lowest BCUT2D eigenvalue weighted by atomic mass is 10.1. The van der Waals surface area contributed by atoms with Gasteiger partial charge in [0.25, 0.3) is 0 Å². The number of rotatable bonds is 8. The van der Waals surface area contributed by atoms with Crippen LogP contribution in [0.25, 0.3) is 11.0 Å². The van der Waals surface area contributed by atoms with E-state index in [-0.39, 0.29) is 0 Å². The molecule has 2 rings (SSSR count). The van der Waals surface area contributed by atoms with Gasteiger partial charge in [0, 0.05) is 17.5 Å². The Morgan fingerprint density at radius 3 is 2.95 bits per heavy atom. The Kier molecular flexibility index (Phi) is 5.84. The van der Waals surface area contributed by atoms with Gasteiger partial charge in [0.2, 0.25) is 0 Å². The monoisotopic (exact) mass is 273 g/mol. The molecule has 0 aliphatic heterocycles. The normalized spacial score (nSPS) is 11.7. The van der Waals surface area contributed by atoms with E-state index in [0.717, 1.165) is 30.9 Å². The van der Waals surface area contributed by atoms with Crippen LogP contribution in [-0.2, 0) is 17.9 Å². The third-order valence-electron chi connectivity index (χ3n) is 3.19. The van der Waals surface area contributed by atoms with Gasteiger partial charge in [0.1, 0.15) is 18.0 Å². The smallest absolute Gasteiger partial charge is 0.135 e. The fourth-order valence-electron chi connectivity index (χ4n) is 2.17. The predicted molar refractivity (Wildman–Crippen MR) is 82.7 cm³/mol. The van der Waals surface area contributed by atoms with Crippen molar-refractivity contribution in [3.05, 3.63) is 47.7 Å². The molecule has 3 heteroatoms. The van der Waals surface area contributed by atoms with E-state index in [1.807, 2.05) is 37.3 Å². The van der Waals surface area contributed by atoms with Crippen LogP contribution in [0.2, 0.25) is 0 Å². The lowest BCUT2D eigenvalue weighted by molar-refractivity contribution is 0.132. The lowest BCUT2D eigenvalue weighted by Crippen LogP contribution is -2.14. The molecule has 0 saturated carbocycles. The van der Waals surface area contributed by atoms with Crippen molar-refractivity contribution in [1.82, 2.24) is 5.32 Å². The Labute approximate surface area is 120 Å². The van der Waals surface area contributed by atoms with E-state index < -0.39 is 0 Å². The van der Waals surface area contributed by atoms with Crippen LogP contribution < -0.4 is 5.32 Å². The first-order valence-electron chi connectivity index (χ1n) is 7.25. The van der Waals surface area contributed by atoms with E-state index in [1.165, 1.54) is 10.9 Å². The second kappa shape index (κ2) is 7.88. The predicted octanol–water partition coefficient (Wildman–Crippen LogP) is 4.03. The highest BCUT2D eigenvalue weighted by Gasteiger charge is 2.13. The van der Waals surface area contributed by atoms with Crippen molar-refractivity contribution in [2.24, 2.45) is 0 Å². The number of fused-ring (bicyclic) bond motifs is 1. The Bertz CT molecular complexity index is 557. The molecule has 0 unspecified atom stereocenters. The quantitative estimate of drug-likeness (QED) is 0.582. The molecule has 1 N–H and O–H groups in total. The zero-order valence-corrected chi connectivity index (χ0v) is 12.3. The fraction of sp³-hybridized carbons (Fsp3) is 0.412. The molecule has 0 radical (unpaired) electrons. The summed E-state index contributed by atoms with van der Waals surface area (Å²) in [4.78, 5) is 0. The number of benzene rings is 1. The van der Waals surface area contributed by atoms with Crippen LogP contribution in [0, 0.1) is 0 Å². The van der Waals surface area contributed by atoms with Crippen molar-refractivity contribution in [3.8, 4) is 0 Å². The molecule has 1 heterocycles. The van der Waals surface area contributed by atoms with Crippen molar-refractivity contribution >= 4 is 11.0 Å². The minimum absolute atomic E-state index is 0.516. The molecule has 108 valence electrons. The average molecular weight is 273 g/mol. The number of para-hydroxylation sites is 1. The van der Waals surface area contributed by atoms with Gasteiger partial charge in [0.05, 0.1) is 6.61 Å². The number of hydrogen-bond donors (Lipinski definition) is 1. The van der Waals surface area contributed by atoms with E-state index >= 15 is 0 Å². The van der Waals surface area contributed by atoms with Gasteiger partial charge in [-0.2, -0.15) is 0 Å². The summed E-state index contributed by atoms with van der Waals surface area (Å²) in [6.45, 7) is 7.13. The summed E-state index contributed by atoms with van der Waals surface area (Å²) in [6.07, 6.45) is 5.11. The molecule has 0 aliphatic carbocycles. The van der Waals surface area contributed by atoms with Gasteiger partial charge >= 0.3 is 0 Å². The van der Waals surface area contributed by atoms with E-state index in [1.54, 1.807) is 0 Å². The third kappa shape index (κ3) is 3.71. The highest BCUT2D eigenvalue weighted by molar-refractivity contribution is 5.82. The topological polar surface area (TPSA) is 34.4 Å². The van der Waals surface area contributed by atoms with Crippen molar-refractivity contribution in [3.63, 3.8) is 0 Å². The fourth-order valence-corrected chi connectivity index (χ4v) is 2.17. The van der Waals surface area contributed by atoms with Crippen LogP contribution in [0.15, 0.2) is 40.8 Å². The largest absolute Gasteiger partial charge is 0.458 e. The summed E-state index contributed by atoms with van der Waals surface area (Å²) in [5.74, 6) is 0.930. The van der Waals surface area contributed by atoms with Gasteiger partial charge < -0.3 is 14.5 Å². The van der Waals surface area contributed by atoms with Gasteiger partial charge in [-0.15, -0.1) is 0 Å². The molecule has 0 bridgehead atoms. The maximum Gasteiger partial charge on any atom is 0.135 e. The minimum atomic E-state index is 0.516. The first-order chi connectivity index (χ1) is 9.86. The molecule has 0 spiro atoms. The highest BCUT2D eigenvalue weighted by Crippen LogP contribution is 2.26. The van der Waals surface area contributed by atoms with Crippen molar-refractivity contribution in [2.75, 3.05) is 13.2 Å². The van der Waals surface area contributed by atoms with Crippen LogP contribution in [0.5, 0.6) is 0 Å². The third-order valence-corrected chi connectivity index (χ3v) is 3.19. The van der Waals surface area contributed by atoms with Crippen molar-refractivity contribution in [1.29, 1.82) is 0 Å². The van der Waals surface area contributed by atoms with Gasteiger partial charge in [-0.05, 0) is 26.0 Å². The van der Waals surface area contributed by atoms with Gasteiger partial charge in [0.15, 0.2) is 0 Å². The maximum absolute atomic E-state index is 5.92. The lowest BCUT2D eigenvalue weighted by Gasteiger charge is -2.05. The Morgan fingerprint density at radius 1 is 1.30 bits per heavy atom. The summed E-state index contributed by atoms with van der Waals surface area (Å²) < 4.78 is 11.5. The molecule has 0 atom stereocenters. The van der Waals surface area contributed by atoms with E-state index in [9.17, 15) is 0 Å². The van der Waals surface area contributed by atoms with Crippen LogP contribution in [-0.4, -0.2) is 13.2 Å². The maximum atomic E-state index is 5.92. The first kappa shape index (κ1) is 14.8. The Hall–Kier alpha value is -1.58. The van der Waals surface area contributed by atoms with Crippen LogP contribution in [0.3, 0.4) is 0 Å². The Balaban J connectivity index is 2.15. The van der Waals surface area contributed by atoms with Crippen LogP contribution in [0.1, 0.15) is 31.6 Å². The zero-order chi connectivity index (χ0) is 14.2. The minimum Gasteiger partial charge on any atom is -0.458 e. The SMILES string of the molecule is CC=CCOCc1oc2ccccc2c1CNCCC. The van der Waals surface area contributed by atoms with Crippen LogP contribution in [0.4, 0.5) is 0 Å². The van der Waals surface area contributed by atoms with Gasteiger partial charge in [-0.25, -0.2) is 0 Å². The molecule has 0 aliphatic rings. The molecule has 2 aromatic rings. The van der Waals surface area contributed by atoms with E-state index in [0.29, 0.717) is 13.2 Å². The summed E-state index contributed by atoms with van der Waals surface area (Å²) in [5.41, 5.74) is 2.15. The molecule has 1 aromatic heterocycles. The van der Waals surface area contributed by atoms with E-state index in [2.05, 4.69) is 18.3 Å². The van der Waals surface area contributed by atoms with Gasteiger partial charge in [-0.3, -0.25) is 0 Å². The molecule has 3 nitrogen and oxygen atoms in total. The second-order valence-electron chi connectivity index (χ2n) is 4.76. The highest BCUT2D eigenvalue weighted by atomic mass is 16.5. The molecular weight excluding hydrogens is 250 g/mol. The summed E-state index contributed by atoms with van der Waals surface area (Å²) in [6, 6.07) is 8.16. The van der Waals surface area contributed by atoms with E-state index in [4.69, 9.17) is 9.15 Å².